The fourth-order valence-electron chi connectivity index (χ4n) is 1.91. The average Bonchev–Trinajstić information content (AvgIpc) is 2.05. The highest BCUT2D eigenvalue weighted by Gasteiger charge is 2.36. The maximum atomic E-state index is 10.1. The molecule has 0 aromatic rings. The molecule has 1 aliphatic heterocycles. The normalized spacial score (nSPS) is 35.9. The van der Waals surface area contributed by atoms with Crippen LogP contribution in [0.4, 0.5) is 0 Å². The molecular weight excluding hydrogens is 150 g/mol. The highest BCUT2D eigenvalue weighted by molar-refractivity contribution is 5.00. The number of hydrogen-bond acceptors (Lipinski definition) is 2. The lowest BCUT2D eigenvalue weighted by Crippen LogP contribution is -2.49. The molecular formula is C10H17NO. The Labute approximate surface area is 74.4 Å². The Balaban J connectivity index is 2.63. The number of nitrogens with one attached hydrogen (secondary N) is 1. The first-order valence-corrected chi connectivity index (χ1v) is 4.59. The molecule has 0 radical (unpaired) electrons. The summed E-state index contributed by atoms with van der Waals surface area (Å²) in [5.41, 5.74) is -0.602. The predicted octanol–water partition coefficient (Wildman–Crippen LogP) is 0.760. The molecule has 0 spiro atoms. The van der Waals surface area contributed by atoms with Crippen LogP contribution in [0.25, 0.3) is 0 Å². The van der Waals surface area contributed by atoms with Crippen molar-refractivity contribution < 1.29 is 5.11 Å². The lowest BCUT2D eigenvalue weighted by Gasteiger charge is -2.38. The predicted molar refractivity (Wildman–Crippen MR) is 49.7 cm³/mol. The monoisotopic (exact) mass is 167 g/mol. The van der Waals surface area contributed by atoms with E-state index in [2.05, 4.69) is 18.2 Å². The summed E-state index contributed by atoms with van der Waals surface area (Å²) >= 11 is 0. The van der Waals surface area contributed by atoms with E-state index in [4.69, 9.17) is 6.42 Å². The average molecular weight is 167 g/mol. The van der Waals surface area contributed by atoms with Crippen molar-refractivity contribution in [2.45, 2.75) is 31.8 Å². The van der Waals surface area contributed by atoms with Gasteiger partial charge in [0.05, 0.1) is 5.60 Å². The zero-order valence-corrected chi connectivity index (χ0v) is 7.64. The number of terminal acetylenes is 1. The largest absolute Gasteiger partial charge is 0.389 e. The number of aliphatic hydroxyl groups is 1. The van der Waals surface area contributed by atoms with E-state index in [0.717, 1.165) is 25.9 Å². The SMILES string of the molecule is C#CCC1(O)CCNCC1CC. The maximum absolute atomic E-state index is 10.1. The summed E-state index contributed by atoms with van der Waals surface area (Å²) in [7, 11) is 0. The third-order valence-corrected chi connectivity index (χ3v) is 2.79. The Kier molecular flexibility index (Phi) is 3.13. The van der Waals surface area contributed by atoms with Crippen molar-refractivity contribution in [2.24, 2.45) is 5.92 Å². The van der Waals surface area contributed by atoms with Gasteiger partial charge in [-0.15, -0.1) is 12.3 Å². The molecule has 68 valence electrons. The quantitative estimate of drug-likeness (QED) is 0.595. The molecule has 1 rings (SSSR count). The van der Waals surface area contributed by atoms with Crippen molar-refractivity contribution in [1.29, 1.82) is 0 Å². The van der Waals surface area contributed by atoms with E-state index >= 15 is 0 Å². The Morgan fingerprint density at radius 3 is 3.08 bits per heavy atom. The summed E-state index contributed by atoms with van der Waals surface area (Å²) in [6.45, 7) is 3.88. The molecule has 2 unspecified atom stereocenters. The number of hydrogen-bond donors (Lipinski definition) is 2. The van der Waals surface area contributed by atoms with Crippen LogP contribution >= 0.6 is 0 Å². The van der Waals surface area contributed by atoms with Crippen LogP contribution in [0, 0.1) is 18.3 Å². The molecule has 0 amide bonds. The van der Waals surface area contributed by atoms with Crippen LogP contribution in [0.3, 0.4) is 0 Å². The van der Waals surface area contributed by atoms with Gasteiger partial charge in [0, 0.05) is 18.9 Å². The van der Waals surface area contributed by atoms with Crippen molar-refractivity contribution in [1.82, 2.24) is 5.32 Å². The zero-order valence-electron chi connectivity index (χ0n) is 7.64. The lowest BCUT2D eigenvalue weighted by molar-refractivity contribution is -0.0373. The van der Waals surface area contributed by atoms with Crippen molar-refractivity contribution in [3.05, 3.63) is 0 Å². The van der Waals surface area contributed by atoms with E-state index < -0.39 is 5.60 Å². The maximum Gasteiger partial charge on any atom is 0.0808 e. The fourth-order valence-corrected chi connectivity index (χ4v) is 1.91. The van der Waals surface area contributed by atoms with Crippen LogP contribution in [0.1, 0.15) is 26.2 Å². The molecule has 0 aliphatic carbocycles. The minimum Gasteiger partial charge on any atom is -0.389 e. The Bertz CT molecular complexity index is 185. The molecule has 0 bridgehead atoms. The van der Waals surface area contributed by atoms with Gasteiger partial charge in [-0.1, -0.05) is 6.92 Å². The van der Waals surface area contributed by atoms with E-state index in [-0.39, 0.29) is 0 Å². The smallest absolute Gasteiger partial charge is 0.0808 e. The van der Waals surface area contributed by atoms with Crippen LogP contribution in [0.2, 0.25) is 0 Å². The third-order valence-electron chi connectivity index (χ3n) is 2.79. The molecule has 12 heavy (non-hydrogen) atoms. The van der Waals surface area contributed by atoms with E-state index in [1.165, 1.54) is 0 Å². The molecule has 0 saturated carbocycles. The molecule has 2 atom stereocenters. The highest BCUT2D eigenvalue weighted by atomic mass is 16.3. The van der Waals surface area contributed by atoms with E-state index in [1.54, 1.807) is 0 Å². The first-order valence-electron chi connectivity index (χ1n) is 4.59. The van der Waals surface area contributed by atoms with Gasteiger partial charge in [-0.05, 0) is 19.4 Å². The number of rotatable bonds is 2. The van der Waals surface area contributed by atoms with Gasteiger partial charge in [-0.2, -0.15) is 0 Å². The minimum absolute atomic E-state index is 0.322. The van der Waals surface area contributed by atoms with Crippen molar-refractivity contribution in [3.63, 3.8) is 0 Å². The number of piperidine rings is 1. The first-order chi connectivity index (χ1) is 5.73. The van der Waals surface area contributed by atoms with Gasteiger partial charge in [-0.25, -0.2) is 0 Å². The summed E-state index contributed by atoms with van der Waals surface area (Å²) in [5.74, 6) is 2.89. The summed E-state index contributed by atoms with van der Waals surface area (Å²) in [4.78, 5) is 0. The lowest BCUT2D eigenvalue weighted by atomic mass is 9.78. The summed E-state index contributed by atoms with van der Waals surface area (Å²) in [6, 6.07) is 0. The molecule has 1 saturated heterocycles. The van der Waals surface area contributed by atoms with Crippen LogP contribution in [-0.2, 0) is 0 Å². The van der Waals surface area contributed by atoms with Gasteiger partial charge >= 0.3 is 0 Å². The van der Waals surface area contributed by atoms with Gasteiger partial charge in [0.15, 0.2) is 0 Å². The van der Waals surface area contributed by atoms with E-state index in [1.807, 2.05) is 0 Å². The first kappa shape index (κ1) is 9.57. The summed E-state index contributed by atoms with van der Waals surface area (Å²) < 4.78 is 0. The molecule has 0 aromatic heterocycles. The Morgan fingerprint density at radius 2 is 2.50 bits per heavy atom. The van der Waals surface area contributed by atoms with Gasteiger partial charge in [0.1, 0.15) is 0 Å². The second-order valence-electron chi connectivity index (χ2n) is 3.54. The van der Waals surface area contributed by atoms with Gasteiger partial charge in [-0.3, -0.25) is 0 Å². The molecule has 1 aliphatic rings. The summed E-state index contributed by atoms with van der Waals surface area (Å²) in [5, 5.41) is 13.4. The van der Waals surface area contributed by atoms with Crippen LogP contribution in [-0.4, -0.2) is 23.8 Å². The second-order valence-corrected chi connectivity index (χ2v) is 3.54. The van der Waals surface area contributed by atoms with E-state index in [9.17, 15) is 5.11 Å². The van der Waals surface area contributed by atoms with Crippen molar-refractivity contribution in [3.8, 4) is 12.3 Å². The van der Waals surface area contributed by atoms with Crippen LogP contribution in [0.15, 0.2) is 0 Å². The van der Waals surface area contributed by atoms with Gasteiger partial charge < -0.3 is 10.4 Å². The highest BCUT2D eigenvalue weighted by Crippen LogP contribution is 2.29. The molecule has 1 fully saturated rings. The third kappa shape index (κ3) is 1.80. The molecule has 2 N–H and O–H groups in total. The second kappa shape index (κ2) is 3.93. The van der Waals surface area contributed by atoms with Gasteiger partial charge in [0.25, 0.3) is 0 Å². The van der Waals surface area contributed by atoms with Crippen molar-refractivity contribution in [2.75, 3.05) is 13.1 Å². The van der Waals surface area contributed by atoms with Gasteiger partial charge in [0.2, 0.25) is 0 Å². The van der Waals surface area contributed by atoms with E-state index in [0.29, 0.717) is 12.3 Å². The Hall–Kier alpha value is -0.520. The Morgan fingerprint density at radius 1 is 1.75 bits per heavy atom. The fraction of sp³-hybridized carbons (Fsp3) is 0.800. The minimum atomic E-state index is -0.602. The van der Waals surface area contributed by atoms with Crippen LogP contribution in [0.5, 0.6) is 0 Å². The van der Waals surface area contributed by atoms with Crippen molar-refractivity contribution >= 4 is 0 Å². The molecule has 0 aromatic carbocycles. The molecule has 2 heteroatoms. The molecule has 2 nitrogen and oxygen atoms in total. The summed E-state index contributed by atoms with van der Waals surface area (Å²) in [6.07, 6.45) is 7.50. The van der Waals surface area contributed by atoms with Crippen LogP contribution < -0.4 is 5.32 Å². The molecule has 1 heterocycles. The zero-order chi connectivity index (χ0) is 9.03. The standard InChI is InChI=1S/C10H17NO/c1-3-5-10(12)6-7-11-8-9(10)4-2/h1,9,11-12H,4-8H2,2H3. The topological polar surface area (TPSA) is 32.3 Å².